The molecule has 0 aliphatic heterocycles. The van der Waals surface area contributed by atoms with Gasteiger partial charge in [0.25, 0.3) is 11.5 Å². The van der Waals surface area contributed by atoms with Gasteiger partial charge in [-0.1, -0.05) is 25.1 Å². The second-order valence-corrected chi connectivity index (χ2v) is 5.27. The highest BCUT2D eigenvalue weighted by Crippen LogP contribution is 2.13. The zero-order valence-electron chi connectivity index (χ0n) is 13.0. The van der Waals surface area contributed by atoms with Crippen LogP contribution in [-0.2, 0) is 6.54 Å². The maximum atomic E-state index is 12.4. The first-order valence-corrected chi connectivity index (χ1v) is 7.83. The van der Waals surface area contributed by atoms with Gasteiger partial charge in [0.15, 0.2) is 10.8 Å². The van der Waals surface area contributed by atoms with E-state index in [9.17, 15) is 9.59 Å². The smallest absolute Gasteiger partial charge is 0.290 e. The molecule has 1 aromatic heterocycles. The van der Waals surface area contributed by atoms with Crippen molar-refractivity contribution in [3.8, 4) is 0 Å². The van der Waals surface area contributed by atoms with Crippen LogP contribution in [0.1, 0.15) is 30.8 Å². The first kappa shape index (κ1) is 16.9. The van der Waals surface area contributed by atoms with Gasteiger partial charge in [0.1, 0.15) is 0 Å². The van der Waals surface area contributed by atoms with Crippen molar-refractivity contribution in [3.05, 3.63) is 40.3 Å². The first-order chi connectivity index (χ1) is 11.1. The average molecular weight is 333 g/mol. The van der Waals surface area contributed by atoms with Crippen molar-refractivity contribution >= 4 is 34.0 Å². The molecule has 0 spiro atoms. The van der Waals surface area contributed by atoms with Crippen molar-refractivity contribution in [2.75, 3.05) is 6.54 Å². The number of hydrogen-bond donors (Lipinski definition) is 3. The molecule has 0 aliphatic rings. The molecule has 1 aromatic carbocycles. The van der Waals surface area contributed by atoms with E-state index in [4.69, 9.17) is 12.2 Å². The van der Waals surface area contributed by atoms with Crippen LogP contribution in [0, 0.1) is 0 Å². The Morgan fingerprint density at radius 3 is 2.57 bits per heavy atom. The minimum absolute atomic E-state index is 0.181. The van der Waals surface area contributed by atoms with Crippen LogP contribution in [-0.4, -0.2) is 27.3 Å². The summed E-state index contributed by atoms with van der Waals surface area (Å²) in [5.74, 6) is -0.452. The molecular weight excluding hydrogens is 314 g/mol. The molecular formula is C15H19N5O2S. The van der Waals surface area contributed by atoms with E-state index in [0.29, 0.717) is 29.0 Å². The number of carbonyl (C=O) groups excluding carboxylic acids is 1. The van der Waals surface area contributed by atoms with Crippen molar-refractivity contribution in [1.82, 2.24) is 25.9 Å². The van der Waals surface area contributed by atoms with E-state index in [0.717, 1.165) is 6.42 Å². The molecule has 1 heterocycles. The summed E-state index contributed by atoms with van der Waals surface area (Å²) in [5.41, 5.74) is 5.08. The standard InChI is InChI=1S/C15H19N5O2S/c1-3-9-20-14(22)11-8-6-5-7-10(11)12(19-20)13(21)17-18-15(23)16-4-2/h5-8H,3-4,9H2,1-2H3,(H,17,21)(H2,16,18,23). The second kappa shape index (κ2) is 7.68. The highest BCUT2D eigenvalue weighted by Gasteiger charge is 2.16. The van der Waals surface area contributed by atoms with Crippen LogP contribution in [0.5, 0.6) is 0 Å². The normalized spacial score (nSPS) is 10.3. The van der Waals surface area contributed by atoms with Gasteiger partial charge in [0, 0.05) is 18.5 Å². The summed E-state index contributed by atoms with van der Waals surface area (Å²) in [6.45, 7) is 4.93. The van der Waals surface area contributed by atoms with Gasteiger partial charge in [-0.2, -0.15) is 5.10 Å². The zero-order valence-corrected chi connectivity index (χ0v) is 13.9. The summed E-state index contributed by atoms with van der Waals surface area (Å²) in [7, 11) is 0. The lowest BCUT2D eigenvalue weighted by Crippen LogP contribution is -2.47. The number of fused-ring (bicyclic) bond motifs is 1. The predicted octanol–water partition coefficient (Wildman–Crippen LogP) is 0.935. The van der Waals surface area contributed by atoms with Gasteiger partial charge in [-0.25, -0.2) is 4.68 Å². The van der Waals surface area contributed by atoms with Crippen molar-refractivity contribution in [1.29, 1.82) is 0 Å². The molecule has 7 nitrogen and oxygen atoms in total. The third-order valence-electron chi connectivity index (χ3n) is 3.15. The number of hydrogen-bond acceptors (Lipinski definition) is 4. The minimum Gasteiger partial charge on any atom is -0.362 e. The van der Waals surface area contributed by atoms with Gasteiger partial charge in [0.05, 0.1) is 5.39 Å². The van der Waals surface area contributed by atoms with Crippen molar-refractivity contribution in [2.24, 2.45) is 0 Å². The molecule has 122 valence electrons. The van der Waals surface area contributed by atoms with E-state index >= 15 is 0 Å². The molecule has 23 heavy (non-hydrogen) atoms. The molecule has 0 saturated carbocycles. The number of nitrogens with one attached hydrogen (secondary N) is 3. The summed E-state index contributed by atoms with van der Waals surface area (Å²) in [4.78, 5) is 24.8. The van der Waals surface area contributed by atoms with Gasteiger partial charge in [-0.3, -0.25) is 20.4 Å². The highest BCUT2D eigenvalue weighted by atomic mass is 32.1. The number of thiocarbonyl (C=S) groups is 1. The lowest BCUT2D eigenvalue weighted by molar-refractivity contribution is 0.0938. The van der Waals surface area contributed by atoms with Gasteiger partial charge >= 0.3 is 0 Å². The maximum absolute atomic E-state index is 12.4. The van der Waals surface area contributed by atoms with Crippen LogP contribution < -0.4 is 21.7 Å². The third-order valence-corrected chi connectivity index (χ3v) is 3.39. The number of aryl methyl sites for hydroxylation is 1. The Morgan fingerprint density at radius 2 is 1.91 bits per heavy atom. The molecule has 0 fully saturated rings. The summed E-state index contributed by atoms with van der Waals surface area (Å²) in [6, 6.07) is 6.93. The summed E-state index contributed by atoms with van der Waals surface area (Å²) < 4.78 is 1.32. The molecule has 2 rings (SSSR count). The van der Waals surface area contributed by atoms with E-state index in [1.807, 2.05) is 13.8 Å². The third kappa shape index (κ3) is 3.84. The molecule has 3 N–H and O–H groups in total. The molecule has 0 radical (unpaired) electrons. The van der Waals surface area contributed by atoms with E-state index in [-0.39, 0.29) is 11.3 Å². The number of benzene rings is 1. The Balaban J connectivity index is 2.39. The summed E-state index contributed by atoms with van der Waals surface area (Å²) >= 11 is 4.99. The van der Waals surface area contributed by atoms with Crippen LogP contribution in [0.3, 0.4) is 0 Å². The van der Waals surface area contributed by atoms with Crippen LogP contribution in [0.25, 0.3) is 10.8 Å². The number of aromatic nitrogens is 2. The number of nitrogens with zero attached hydrogens (tertiary/aromatic N) is 2. The van der Waals surface area contributed by atoms with Crippen molar-refractivity contribution in [2.45, 2.75) is 26.8 Å². The van der Waals surface area contributed by atoms with Gasteiger partial charge in [0.2, 0.25) is 0 Å². The number of amides is 1. The number of carbonyl (C=O) groups is 1. The number of rotatable bonds is 4. The highest BCUT2D eigenvalue weighted by molar-refractivity contribution is 7.80. The summed E-state index contributed by atoms with van der Waals surface area (Å²) in [5, 5.41) is 8.36. The molecule has 2 aromatic rings. The largest absolute Gasteiger partial charge is 0.362 e. The second-order valence-electron chi connectivity index (χ2n) is 4.86. The Bertz CT molecular complexity index is 787. The summed E-state index contributed by atoms with van der Waals surface area (Å²) in [6.07, 6.45) is 0.745. The quantitative estimate of drug-likeness (QED) is 0.570. The SMILES string of the molecule is CCCn1nc(C(=O)NNC(=S)NCC)c2ccccc2c1=O. The van der Waals surface area contributed by atoms with Crippen LogP contribution in [0.2, 0.25) is 0 Å². The fourth-order valence-corrected chi connectivity index (χ4v) is 2.34. The fourth-order valence-electron chi connectivity index (χ4n) is 2.14. The Hall–Kier alpha value is -2.48. The fraction of sp³-hybridized carbons (Fsp3) is 0.333. The molecule has 0 aliphatic carbocycles. The molecule has 0 saturated heterocycles. The van der Waals surface area contributed by atoms with Crippen molar-refractivity contribution < 1.29 is 4.79 Å². The Morgan fingerprint density at radius 1 is 1.22 bits per heavy atom. The van der Waals surface area contributed by atoms with Crippen LogP contribution in [0.15, 0.2) is 29.1 Å². The molecule has 1 amide bonds. The molecule has 8 heteroatoms. The van der Waals surface area contributed by atoms with Crippen LogP contribution >= 0.6 is 12.2 Å². The monoisotopic (exact) mass is 333 g/mol. The maximum Gasteiger partial charge on any atom is 0.290 e. The van der Waals surface area contributed by atoms with Gasteiger partial charge in [-0.05, 0) is 31.6 Å². The lowest BCUT2D eigenvalue weighted by Gasteiger charge is -2.12. The minimum atomic E-state index is -0.452. The van der Waals surface area contributed by atoms with Gasteiger partial charge < -0.3 is 5.32 Å². The Labute approximate surface area is 139 Å². The van der Waals surface area contributed by atoms with Crippen molar-refractivity contribution in [3.63, 3.8) is 0 Å². The first-order valence-electron chi connectivity index (χ1n) is 7.42. The molecule has 0 unspecified atom stereocenters. The predicted molar refractivity (Wildman–Crippen MR) is 93.2 cm³/mol. The lowest BCUT2D eigenvalue weighted by atomic mass is 10.1. The topological polar surface area (TPSA) is 88.1 Å². The van der Waals surface area contributed by atoms with Gasteiger partial charge in [-0.15, -0.1) is 0 Å². The number of hydrazine groups is 1. The molecule has 0 atom stereocenters. The average Bonchev–Trinajstić information content (AvgIpc) is 2.56. The van der Waals surface area contributed by atoms with E-state index in [1.54, 1.807) is 24.3 Å². The molecule has 0 bridgehead atoms. The van der Waals surface area contributed by atoms with Crippen LogP contribution in [0.4, 0.5) is 0 Å². The van der Waals surface area contributed by atoms with E-state index in [2.05, 4.69) is 21.3 Å². The Kier molecular flexibility index (Phi) is 5.64. The van der Waals surface area contributed by atoms with E-state index in [1.165, 1.54) is 4.68 Å². The van der Waals surface area contributed by atoms with E-state index < -0.39 is 5.91 Å². The zero-order chi connectivity index (χ0) is 16.8.